The van der Waals surface area contributed by atoms with Crippen LogP contribution in [0.5, 0.6) is 0 Å². The number of hydrogen-bond acceptors (Lipinski definition) is 4. The maximum atomic E-state index is 14.5. The maximum Gasteiger partial charge on any atom is 0.275 e. The first-order valence-corrected chi connectivity index (χ1v) is 16.0. The molecule has 2 heterocycles. The van der Waals surface area contributed by atoms with E-state index in [1.165, 1.54) is 0 Å². The van der Waals surface area contributed by atoms with E-state index in [1.807, 2.05) is 78.6 Å². The highest BCUT2D eigenvalue weighted by Crippen LogP contribution is 2.32. The summed E-state index contributed by atoms with van der Waals surface area (Å²) in [7, 11) is 0. The van der Waals surface area contributed by atoms with Crippen LogP contribution in [0.1, 0.15) is 77.2 Å². The summed E-state index contributed by atoms with van der Waals surface area (Å²) >= 11 is 6.82. The monoisotopic (exact) mass is 612 g/mol. The van der Waals surface area contributed by atoms with Crippen molar-refractivity contribution in [1.29, 1.82) is 0 Å². The van der Waals surface area contributed by atoms with Crippen molar-refractivity contribution in [2.75, 3.05) is 19.7 Å². The molecule has 2 amide bonds. The van der Waals surface area contributed by atoms with E-state index >= 15 is 0 Å². The van der Waals surface area contributed by atoms with E-state index in [0.717, 1.165) is 47.9 Å². The van der Waals surface area contributed by atoms with Crippen LogP contribution in [0.4, 0.5) is 0 Å². The van der Waals surface area contributed by atoms with E-state index in [0.29, 0.717) is 48.0 Å². The molecule has 0 aliphatic carbocycles. The Balaban J connectivity index is 1.60. The molecule has 44 heavy (non-hydrogen) atoms. The number of aliphatic hydroxyl groups is 1. The molecule has 1 aromatic heterocycles. The minimum atomic E-state index is -0.365. The van der Waals surface area contributed by atoms with Crippen LogP contribution >= 0.6 is 11.6 Å². The molecule has 0 fully saturated rings. The molecule has 3 aromatic carbocycles. The van der Waals surface area contributed by atoms with Gasteiger partial charge in [0.2, 0.25) is 0 Å². The summed E-state index contributed by atoms with van der Waals surface area (Å²) < 4.78 is 1.63. The molecule has 0 bridgehead atoms. The van der Waals surface area contributed by atoms with E-state index in [9.17, 15) is 14.7 Å². The molecular weight excluding hydrogens is 572 g/mol. The lowest BCUT2D eigenvalue weighted by molar-refractivity contribution is 0.0544. The number of amides is 2. The number of nitrogens with zero attached hydrogens (tertiary/aromatic N) is 4. The molecule has 1 atom stereocenters. The predicted molar refractivity (Wildman–Crippen MR) is 175 cm³/mol. The van der Waals surface area contributed by atoms with Crippen LogP contribution in [0.15, 0.2) is 72.8 Å². The van der Waals surface area contributed by atoms with Gasteiger partial charge in [0, 0.05) is 19.6 Å². The number of carbonyl (C=O) groups is 2. The second kappa shape index (κ2) is 14.2. The van der Waals surface area contributed by atoms with Crippen molar-refractivity contribution >= 4 is 23.4 Å². The highest BCUT2D eigenvalue weighted by Gasteiger charge is 2.33. The SMILES string of the molecule is CCCCN(CCCC)C(=O)c1nn(-c2ccc(-c3ccccc3)cc2C(=O)N2Cc3ccccc3CC2CO)c(C)c1Cl. The summed E-state index contributed by atoms with van der Waals surface area (Å²) in [6, 6.07) is 23.3. The molecule has 1 N–H and O–H groups in total. The van der Waals surface area contributed by atoms with Crippen molar-refractivity contribution in [3.05, 3.63) is 106 Å². The number of rotatable bonds is 11. The van der Waals surface area contributed by atoms with Crippen molar-refractivity contribution in [2.45, 2.75) is 65.5 Å². The largest absolute Gasteiger partial charge is 0.394 e. The number of fused-ring (bicyclic) bond motifs is 1. The van der Waals surface area contributed by atoms with Crippen LogP contribution < -0.4 is 0 Å². The first-order chi connectivity index (χ1) is 21.4. The molecule has 5 rings (SSSR count). The third-order valence-electron chi connectivity index (χ3n) is 8.49. The average Bonchev–Trinajstić information content (AvgIpc) is 3.36. The summed E-state index contributed by atoms with van der Waals surface area (Å²) in [6.07, 6.45) is 4.33. The van der Waals surface area contributed by atoms with Crippen LogP contribution in [0.3, 0.4) is 0 Å². The first-order valence-electron chi connectivity index (χ1n) is 15.6. The van der Waals surface area contributed by atoms with Crippen molar-refractivity contribution < 1.29 is 14.7 Å². The molecule has 0 radical (unpaired) electrons. The molecule has 0 spiro atoms. The topological polar surface area (TPSA) is 78.7 Å². The number of aromatic nitrogens is 2. The van der Waals surface area contributed by atoms with E-state index in [2.05, 4.69) is 19.9 Å². The van der Waals surface area contributed by atoms with Crippen LogP contribution in [-0.2, 0) is 13.0 Å². The Morgan fingerprint density at radius 2 is 1.59 bits per heavy atom. The minimum Gasteiger partial charge on any atom is -0.394 e. The number of aliphatic hydroxyl groups excluding tert-OH is 1. The number of carbonyl (C=O) groups excluding carboxylic acids is 2. The Bertz CT molecular complexity index is 1610. The fourth-order valence-electron chi connectivity index (χ4n) is 5.86. The molecule has 1 aliphatic rings. The molecule has 4 aromatic rings. The van der Waals surface area contributed by atoms with Gasteiger partial charge < -0.3 is 14.9 Å². The number of benzene rings is 3. The highest BCUT2D eigenvalue weighted by atomic mass is 35.5. The number of hydrogen-bond donors (Lipinski definition) is 1. The van der Waals surface area contributed by atoms with Crippen molar-refractivity contribution in [3.63, 3.8) is 0 Å². The van der Waals surface area contributed by atoms with Gasteiger partial charge in [-0.25, -0.2) is 4.68 Å². The maximum absolute atomic E-state index is 14.5. The van der Waals surface area contributed by atoms with Crippen molar-refractivity contribution in [2.24, 2.45) is 0 Å². The quantitative estimate of drug-likeness (QED) is 0.196. The number of halogens is 1. The standard InChI is InChI=1S/C36H41ClN4O3/c1-4-6-19-39(20-7-5-2)36(44)34-33(37)25(3)41(38-34)32-18-17-28(26-13-9-8-10-14-26)22-31(32)35(43)40-23-29-16-12-11-15-27(29)21-30(40)24-42/h8-18,22,30,42H,4-7,19-21,23-24H2,1-3H3. The molecule has 230 valence electrons. The van der Waals surface area contributed by atoms with Gasteiger partial charge in [0.25, 0.3) is 11.8 Å². The van der Waals surface area contributed by atoms with E-state index in [-0.39, 0.29) is 30.2 Å². The minimum absolute atomic E-state index is 0.148. The zero-order chi connectivity index (χ0) is 31.2. The van der Waals surface area contributed by atoms with Gasteiger partial charge in [-0.3, -0.25) is 9.59 Å². The van der Waals surface area contributed by atoms with Gasteiger partial charge in [0.15, 0.2) is 5.69 Å². The smallest absolute Gasteiger partial charge is 0.275 e. The predicted octanol–water partition coefficient (Wildman–Crippen LogP) is 7.10. The van der Waals surface area contributed by atoms with E-state index in [1.54, 1.807) is 9.58 Å². The summed E-state index contributed by atoms with van der Waals surface area (Å²) in [5.74, 6) is -0.404. The Morgan fingerprint density at radius 1 is 0.932 bits per heavy atom. The third-order valence-corrected chi connectivity index (χ3v) is 8.94. The van der Waals surface area contributed by atoms with Gasteiger partial charge in [-0.1, -0.05) is 99.0 Å². The summed E-state index contributed by atoms with van der Waals surface area (Å²) in [4.78, 5) is 31.8. The van der Waals surface area contributed by atoms with Crippen LogP contribution in [0, 0.1) is 6.92 Å². The molecule has 8 heteroatoms. The highest BCUT2D eigenvalue weighted by molar-refractivity contribution is 6.34. The summed E-state index contributed by atoms with van der Waals surface area (Å²) in [5, 5.41) is 15.4. The van der Waals surface area contributed by atoms with Gasteiger partial charge in [0.05, 0.1) is 34.6 Å². The lowest BCUT2D eigenvalue weighted by atomic mass is 9.93. The summed E-state index contributed by atoms with van der Waals surface area (Å²) in [5.41, 5.74) is 5.82. The lowest BCUT2D eigenvalue weighted by Gasteiger charge is -2.36. The lowest BCUT2D eigenvalue weighted by Crippen LogP contribution is -2.46. The van der Waals surface area contributed by atoms with Gasteiger partial charge in [-0.15, -0.1) is 0 Å². The Kier molecular flexibility index (Phi) is 10.2. The Morgan fingerprint density at radius 3 is 2.25 bits per heavy atom. The summed E-state index contributed by atoms with van der Waals surface area (Å²) in [6.45, 7) is 7.56. The Labute approximate surface area is 265 Å². The Hall–Kier alpha value is -3.94. The molecular formula is C36H41ClN4O3. The van der Waals surface area contributed by atoms with Crippen LogP contribution in [-0.4, -0.2) is 62.2 Å². The zero-order valence-corrected chi connectivity index (χ0v) is 26.6. The fourth-order valence-corrected chi connectivity index (χ4v) is 6.06. The molecule has 7 nitrogen and oxygen atoms in total. The van der Waals surface area contributed by atoms with Crippen LogP contribution in [0.2, 0.25) is 5.02 Å². The fraction of sp³-hybridized carbons (Fsp3) is 0.361. The average molecular weight is 613 g/mol. The van der Waals surface area contributed by atoms with Crippen molar-refractivity contribution in [1.82, 2.24) is 19.6 Å². The zero-order valence-electron chi connectivity index (χ0n) is 25.8. The normalized spacial score (nSPS) is 14.4. The van der Waals surface area contributed by atoms with Gasteiger partial charge in [0.1, 0.15) is 0 Å². The second-order valence-corrected chi connectivity index (χ2v) is 11.9. The van der Waals surface area contributed by atoms with Gasteiger partial charge in [-0.2, -0.15) is 5.10 Å². The second-order valence-electron chi connectivity index (χ2n) is 11.5. The van der Waals surface area contributed by atoms with Gasteiger partial charge in [-0.05, 0) is 60.6 Å². The third kappa shape index (κ3) is 6.44. The van der Waals surface area contributed by atoms with Crippen molar-refractivity contribution in [3.8, 4) is 16.8 Å². The van der Waals surface area contributed by atoms with E-state index < -0.39 is 0 Å². The molecule has 0 saturated heterocycles. The number of unbranched alkanes of at least 4 members (excludes halogenated alkanes) is 2. The van der Waals surface area contributed by atoms with E-state index in [4.69, 9.17) is 16.7 Å². The first kappa shape index (κ1) is 31.5. The molecule has 1 unspecified atom stereocenters. The molecule has 1 aliphatic heterocycles. The molecule has 0 saturated carbocycles. The van der Waals surface area contributed by atoms with Crippen LogP contribution in [0.25, 0.3) is 16.8 Å². The van der Waals surface area contributed by atoms with Gasteiger partial charge >= 0.3 is 0 Å².